The zero-order valence-corrected chi connectivity index (χ0v) is 6.36. The highest BCUT2D eigenvalue weighted by molar-refractivity contribution is 5.82. The molecule has 0 saturated heterocycles. The van der Waals surface area contributed by atoms with Gasteiger partial charge in [-0.3, -0.25) is 0 Å². The first-order valence-corrected chi connectivity index (χ1v) is 3.02. The summed E-state index contributed by atoms with van der Waals surface area (Å²) in [7, 11) is 0. The fourth-order valence-electron chi connectivity index (χ4n) is 0.286. The van der Waals surface area contributed by atoms with Gasteiger partial charge in [0.25, 0.3) is 0 Å². The molecule has 0 aromatic heterocycles. The molecule has 4 nitrogen and oxygen atoms in total. The smallest absolute Gasteiger partial charge is 0.335 e. The molecule has 0 unspecified atom stereocenters. The maximum atomic E-state index is 10.4. The SMILES string of the molecule is C=CC(=O)OC=COC(=O)C=C. The summed E-state index contributed by atoms with van der Waals surface area (Å²) in [6, 6.07) is 0. The Hall–Kier alpha value is -1.84. The quantitative estimate of drug-likeness (QED) is 0.355. The van der Waals surface area contributed by atoms with Gasteiger partial charge in [0, 0.05) is 12.2 Å². The predicted octanol–water partition coefficient (Wildman–Crippen LogP) is 0.916. The third kappa shape index (κ3) is 4.99. The second-order valence-electron chi connectivity index (χ2n) is 1.55. The summed E-state index contributed by atoms with van der Waals surface area (Å²) in [5.74, 6) is -1.25. The lowest BCUT2D eigenvalue weighted by Gasteiger charge is -1.92. The molecule has 0 spiro atoms. The Morgan fingerprint density at radius 1 is 0.917 bits per heavy atom. The Bertz CT molecular complexity index is 203. The largest absolute Gasteiger partial charge is 0.428 e. The van der Waals surface area contributed by atoms with E-state index in [9.17, 15) is 9.59 Å². The van der Waals surface area contributed by atoms with Gasteiger partial charge in [-0.15, -0.1) is 0 Å². The van der Waals surface area contributed by atoms with Gasteiger partial charge in [-0.1, -0.05) is 13.2 Å². The minimum Gasteiger partial charge on any atom is -0.428 e. The molecule has 0 bridgehead atoms. The van der Waals surface area contributed by atoms with Gasteiger partial charge in [-0.25, -0.2) is 9.59 Å². The molecule has 0 fully saturated rings. The van der Waals surface area contributed by atoms with E-state index in [0.29, 0.717) is 0 Å². The van der Waals surface area contributed by atoms with Crippen molar-refractivity contribution in [1.82, 2.24) is 0 Å². The number of hydrogen-bond donors (Lipinski definition) is 0. The molecule has 0 atom stereocenters. The molecular weight excluding hydrogens is 160 g/mol. The maximum Gasteiger partial charge on any atom is 0.335 e. The fourth-order valence-corrected chi connectivity index (χ4v) is 0.286. The minimum absolute atomic E-state index is 0.624. The third-order valence-electron chi connectivity index (χ3n) is 0.757. The van der Waals surface area contributed by atoms with Crippen molar-refractivity contribution in [2.45, 2.75) is 0 Å². The normalized spacial score (nSPS) is 9.00. The van der Waals surface area contributed by atoms with Crippen LogP contribution in [-0.2, 0) is 19.1 Å². The van der Waals surface area contributed by atoms with Crippen LogP contribution in [0.2, 0.25) is 0 Å². The van der Waals surface area contributed by atoms with Crippen molar-refractivity contribution in [2.75, 3.05) is 0 Å². The van der Waals surface area contributed by atoms with E-state index in [0.717, 1.165) is 24.7 Å². The van der Waals surface area contributed by atoms with Crippen molar-refractivity contribution in [3.63, 3.8) is 0 Å². The number of carbonyl (C=O) groups excluding carboxylic acids is 2. The lowest BCUT2D eigenvalue weighted by Crippen LogP contribution is -1.95. The average Bonchev–Trinajstić information content (AvgIpc) is 2.11. The number of carbonyl (C=O) groups is 2. The molecule has 12 heavy (non-hydrogen) atoms. The van der Waals surface area contributed by atoms with Crippen molar-refractivity contribution >= 4 is 11.9 Å². The highest BCUT2D eigenvalue weighted by Gasteiger charge is 1.91. The van der Waals surface area contributed by atoms with Crippen LogP contribution in [0.5, 0.6) is 0 Å². The Balaban J connectivity index is 3.63. The van der Waals surface area contributed by atoms with Crippen molar-refractivity contribution in [3.05, 3.63) is 37.8 Å². The molecule has 0 radical (unpaired) electrons. The first-order valence-electron chi connectivity index (χ1n) is 3.02. The van der Waals surface area contributed by atoms with Crippen LogP contribution in [-0.4, -0.2) is 11.9 Å². The molecule has 0 rings (SSSR count). The number of esters is 2. The molecule has 0 aliphatic rings. The highest BCUT2D eigenvalue weighted by atomic mass is 16.6. The van der Waals surface area contributed by atoms with Crippen LogP contribution in [0.25, 0.3) is 0 Å². The van der Waals surface area contributed by atoms with E-state index in [4.69, 9.17) is 0 Å². The summed E-state index contributed by atoms with van der Waals surface area (Å²) in [6.45, 7) is 6.32. The van der Waals surface area contributed by atoms with Crippen molar-refractivity contribution in [2.24, 2.45) is 0 Å². The van der Waals surface area contributed by atoms with Gasteiger partial charge in [0.1, 0.15) is 12.5 Å². The highest BCUT2D eigenvalue weighted by Crippen LogP contribution is 1.84. The second kappa shape index (κ2) is 5.91. The van der Waals surface area contributed by atoms with Crippen molar-refractivity contribution < 1.29 is 19.1 Å². The molecule has 0 aromatic rings. The maximum absolute atomic E-state index is 10.4. The molecule has 0 N–H and O–H groups in total. The molecule has 0 amide bonds. The van der Waals surface area contributed by atoms with E-state index in [2.05, 4.69) is 22.6 Å². The first kappa shape index (κ1) is 10.2. The number of rotatable bonds is 4. The van der Waals surface area contributed by atoms with Crippen molar-refractivity contribution in [3.8, 4) is 0 Å². The Morgan fingerprint density at radius 2 is 1.25 bits per heavy atom. The standard InChI is InChI=1S/C8H8O4/c1-3-7(9)11-5-6-12-8(10)4-2/h3-6H,1-2H2. The molecule has 0 aliphatic carbocycles. The van der Waals surface area contributed by atoms with Gasteiger partial charge in [0.05, 0.1) is 0 Å². The van der Waals surface area contributed by atoms with Crippen LogP contribution in [0.1, 0.15) is 0 Å². The molecular formula is C8H8O4. The number of hydrogen-bond acceptors (Lipinski definition) is 4. The molecule has 4 heteroatoms. The van der Waals surface area contributed by atoms with Gasteiger partial charge >= 0.3 is 11.9 Å². The van der Waals surface area contributed by atoms with Gasteiger partial charge < -0.3 is 9.47 Å². The fraction of sp³-hybridized carbons (Fsp3) is 0. The van der Waals surface area contributed by atoms with E-state index in [1.807, 2.05) is 0 Å². The lowest BCUT2D eigenvalue weighted by molar-refractivity contribution is -0.135. The van der Waals surface area contributed by atoms with Crippen LogP contribution >= 0.6 is 0 Å². The van der Waals surface area contributed by atoms with Gasteiger partial charge in [0.2, 0.25) is 0 Å². The Morgan fingerprint density at radius 3 is 1.50 bits per heavy atom. The van der Waals surface area contributed by atoms with Crippen LogP contribution in [0, 0.1) is 0 Å². The summed E-state index contributed by atoms with van der Waals surface area (Å²) in [5.41, 5.74) is 0. The second-order valence-corrected chi connectivity index (χ2v) is 1.55. The van der Waals surface area contributed by atoms with E-state index < -0.39 is 11.9 Å². The van der Waals surface area contributed by atoms with Crippen LogP contribution in [0.3, 0.4) is 0 Å². The monoisotopic (exact) mass is 168 g/mol. The van der Waals surface area contributed by atoms with E-state index in [-0.39, 0.29) is 0 Å². The van der Waals surface area contributed by atoms with Crippen LogP contribution in [0.4, 0.5) is 0 Å². The number of ether oxygens (including phenoxy) is 2. The van der Waals surface area contributed by atoms with E-state index >= 15 is 0 Å². The van der Waals surface area contributed by atoms with Gasteiger partial charge in [-0.05, 0) is 0 Å². The molecule has 0 aromatic carbocycles. The Labute approximate surface area is 69.8 Å². The van der Waals surface area contributed by atoms with E-state index in [1.165, 1.54) is 0 Å². The van der Waals surface area contributed by atoms with Gasteiger partial charge in [0.15, 0.2) is 0 Å². The van der Waals surface area contributed by atoms with Crippen molar-refractivity contribution in [1.29, 1.82) is 0 Å². The summed E-state index contributed by atoms with van der Waals surface area (Å²) >= 11 is 0. The molecule has 0 aliphatic heterocycles. The van der Waals surface area contributed by atoms with Gasteiger partial charge in [-0.2, -0.15) is 0 Å². The minimum atomic E-state index is -0.624. The van der Waals surface area contributed by atoms with Crippen LogP contribution < -0.4 is 0 Å². The van der Waals surface area contributed by atoms with E-state index in [1.54, 1.807) is 0 Å². The Kier molecular flexibility index (Phi) is 5.00. The molecule has 64 valence electrons. The predicted molar refractivity (Wildman–Crippen MR) is 41.7 cm³/mol. The molecule has 0 heterocycles. The molecule has 0 saturated carbocycles. The summed E-state index contributed by atoms with van der Waals surface area (Å²) in [4.78, 5) is 20.7. The average molecular weight is 168 g/mol. The summed E-state index contributed by atoms with van der Waals surface area (Å²) in [6.07, 6.45) is 3.84. The third-order valence-corrected chi connectivity index (χ3v) is 0.757. The zero-order chi connectivity index (χ0) is 9.40. The summed E-state index contributed by atoms with van der Waals surface area (Å²) < 4.78 is 8.67. The van der Waals surface area contributed by atoms with Crippen LogP contribution in [0.15, 0.2) is 37.8 Å². The zero-order valence-electron chi connectivity index (χ0n) is 6.36. The lowest BCUT2D eigenvalue weighted by atomic mass is 10.7. The summed E-state index contributed by atoms with van der Waals surface area (Å²) in [5, 5.41) is 0. The first-order chi connectivity index (χ1) is 5.70. The topological polar surface area (TPSA) is 52.6 Å².